The van der Waals surface area contributed by atoms with Crippen LogP contribution in [0.4, 0.5) is 0 Å². The Hall–Kier alpha value is -8.54. The number of amides is 1. The van der Waals surface area contributed by atoms with Gasteiger partial charge in [-0.2, -0.15) is 0 Å². The topological polar surface area (TPSA) is 64.6 Å². The van der Waals surface area contributed by atoms with Gasteiger partial charge in [0, 0.05) is 12.5 Å². The molecule has 1 amide bonds. The molecule has 528 valence electrons. The first-order valence-corrected chi connectivity index (χ1v) is 37.1. The van der Waals surface area contributed by atoms with Crippen LogP contribution in [0.1, 0.15) is 237 Å². The molecular weight excluding hydrogens is 1210 g/mol. The smallest absolute Gasteiger partial charge is 0.314 e. The molecule has 8 unspecified atom stereocenters. The highest BCUT2D eigenvalue weighted by Gasteiger charge is 2.24. The van der Waals surface area contributed by atoms with Crippen molar-refractivity contribution in [3.8, 4) is 11.5 Å². The zero-order chi connectivity index (χ0) is 72.5. The molecule has 99 heavy (non-hydrogen) atoms. The third kappa shape index (κ3) is 29.1. The van der Waals surface area contributed by atoms with Gasteiger partial charge in [-0.15, -0.1) is 0 Å². The quantitative estimate of drug-likeness (QED) is 0.0687. The summed E-state index contributed by atoms with van der Waals surface area (Å²) in [6.07, 6.45) is 8.99. The van der Waals surface area contributed by atoms with Crippen molar-refractivity contribution in [2.75, 3.05) is 7.11 Å². The van der Waals surface area contributed by atoms with Crippen LogP contribution < -0.4 is 14.8 Å². The molecule has 10 aromatic rings. The third-order valence-corrected chi connectivity index (χ3v) is 19.9. The van der Waals surface area contributed by atoms with Gasteiger partial charge in [0.05, 0.1) is 13.0 Å². The second kappa shape index (κ2) is 45.9. The van der Waals surface area contributed by atoms with Gasteiger partial charge in [0.25, 0.3) is 0 Å². The number of methoxy groups -OCH3 is 1. The fourth-order valence-electron chi connectivity index (χ4n) is 10.9. The molecular formula is C94H123NO4. The molecule has 0 fully saturated rings. The van der Waals surface area contributed by atoms with Crippen molar-refractivity contribution < 1.29 is 19.1 Å². The minimum atomic E-state index is -0.159. The van der Waals surface area contributed by atoms with Gasteiger partial charge in [0.15, 0.2) is 0 Å². The Bertz CT molecular complexity index is 3760. The van der Waals surface area contributed by atoms with E-state index in [1.54, 1.807) is 30.4 Å². The third-order valence-electron chi connectivity index (χ3n) is 19.9. The van der Waals surface area contributed by atoms with Crippen LogP contribution in [-0.4, -0.2) is 19.0 Å². The Balaban J connectivity index is 0.000000241. The molecule has 1 aliphatic carbocycles. The molecule has 0 heterocycles. The zero-order valence-corrected chi connectivity index (χ0v) is 63.9. The van der Waals surface area contributed by atoms with Crippen molar-refractivity contribution in [2.24, 2.45) is 17.8 Å². The lowest BCUT2D eigenvalue weighted by atomic mass is 9.82. The highest BCUT2D eigenvalue weighted by molar-refractivity contribution is 5.86. The number of hydrogen-bond acceptors (Lipinski definition) is 4. The predicted molar refractivity (Wildman–Crippen MR) is 429 cm³/mol. The predicted octanol–water partition coefficient (Wildman–Crippen LogP) is 26.5. The summed E-state index contributed by atoms with van der Waals surface area (Å²) in [5.41, 5.74) is 11.8. The monoisotopic (exact) mass is 1330 g/mol. The number of nitrogens with one attached hydrogen (secondary N) is 1. The Morgan fingerprint density at radius 1 is 0.444 bits per heavy atom. The fraction of sp³-hybridized carbons (Fsp3) is 0.383. The molecule has 0 bridgehead atoms. The van der Waals surface area contributed by atoms with Crippen LogP contribution >= 0.6 is 0 Å². The van der Waals surface area contributed by atoms with Crippen LogP contribution in [0.15, 0.2) is 255 Å². The zero-order valence-electron chi connectivity index (χ0n) is 63.9. The summed E-state index contributed by atoms with van der Waals surface area (Å²) in [5.74, 6) is 5.90. The van der Waals surface area contributed by atoms with E-state index in [1.807, 2.05) is 88.4 Å². The number of para-hydroxylation sites is 1. The first-order valence-electron chi connectivity index (χ1n) is 37.1. The van der Waals surface area contributed by atoms with E-state index in [9.17, 15) is 9.59 Å². The van der Waals surface area contributed by atoms with Gasteiger partial charge in [0.2, 0.25) is 5.91 Å². The molecule has 10 aromatic carbocycles. The standard InChI is InChI=1S/2C14H16.C12H17NO.C11H14O2.C11H16O.C11H14.C11H16.C10H14/c1-3-11(2)13-10-6-8-12-7-4-5-9-14(12)13;1-3-11(2)13-9-8-12-6-4-5-7-14(12)10-13;1-3-10(2)12(14)13-9-11-7-5-4-6-8-11;1-3-9(2)11(12)13-10-7-5-4-6-8-10;1-4-9(2)10-5-7-11(12-3)8-6-10;1-8-7-10-5-3-4-6-11(10)9(8)2;1-4-11(2,3)10-8-6-5-7-9-10;1-3-9(2)10-7-5-4-6-8-10/h2*4-11H,3H2,1-2H3;4-8,10H,3,9H2,1-2H3,(H,13,14);4-9H,3H2,1-2H3;5-9H,4H2,1-3H3;3-6,8-9H,7H2,1-2H3;5-9H,4H2,1-3H3;4-9H,3H2,1-2H3. The Kier molecular flexibility index (Phi) is 38.5. The summed E-state index contributed by atoms with van der Waals surface area (Å²) in [6, 6.07) is 88.0. The molecule has 5 heteroatoms. The van der Waals surface area contributed by atoms with Crippen LogP contribution in [0.3, 0.4) is 0 Å². The Labute approximate surface area is 600 Å². The van der Waals surface area contributed by atoms with Crippen molar-refractivity contribution in [3.05, 3.63) is 299 Å². The van der Waals surface area contributed by atoms with E-state index in [2.05, 4.69) is 277 Å². The van der Waals surface area contributed by atoms with Gasteiger partial charge >= 0.3 is 5.97 Å². The SMILES string of the molecule is CC1Cc2ccccc2C1C.CCC(C)(C)c1ccccc1.CCC(C)C(=O)NCc1ccccc1.CCC(C)C(=O)Oc1ccccc1.CCC(C)c1ccc(OC)cc1.CCC(C)c1ccc2ccccc2c1.CCC(C)c1cccc2ccccc12.CCC(C)c1ccccc1. The molecule has 0 radical (unpaired) electrons. The fourth-order valence-corrected chi connectivity index (χ4v) is 10.9. The first kappa shape index (κ1) is 82.9. The highest BCUT2D eigenvalue weighted by Crippen LogP contribution is 2.37. The largest absolute Gasteiger partial charge is 0.497 e. The molecule has 5 nitrogen and oxygen atoms in total. The maximum absolute atomic E-state index is 11.4. The Morgan fingerprint density at radius 2 is 0.909 bits per heavy atom. The minimum absolute atomic E-state index is 0.0276. The van der Waals surface area contributed by atoms with Gasteiger partial charge in [-0.1, -0.05) is 348 Å². The van der Waals surface area contributed by atoms with E-state index in [4.69, 9.17) is 9.47 Å². The van der Waals surface area contributed by atoms with Crippen LogP contribution in [0.25, 0.3) is 21.5 Å². The van der Waals surface area contributed by atoms with Gasteiger partial charge in [-0.25, -0.2) is 0 Å². The maximum atomic E-state index is 11.4. The van der Waals surface area contributed by atoms with E-state index in [0.29, 0.717) is 41.4 Å². The van der Waals surface area contributed by atoms with Crippen molar-refractivity contribution in [2.45, 2.75) is 211 Å². The summed E-state index contributed by atoms with van der Waals surface area (Å²) in [4.78, 5) is 22.8. The maximum Gasteiger partial charge on any atom is 0.314 e. The number of carbonyl (C=O) groups excluding carboxylic acids is 2. The van der Waals surface area contributed by atoms with Crippen molar-refractivity contribution in [3.63, 3.8) is 0 Å². The molecule has 0 aromatic heterocycles. The first-order chi connectivity index (χ1) is 47.7. The van der Waals surface area contributed by atoms with Crippen molar-refractivity contribution in [1.82, 2.24) is 5.32 Å². The number of rotatable bonds is 18. The molecule has 11 rings (SSSR count). The molecule has 0 saturated carbocycles. The van der Waals surface area contributed by atoms with E-state index in [-0.39, 0.29) is 23.7 Å². The summed E-state index contributed by atoms with van der Waals surface area (Å²) in [6.45, 7) is 37.9. The van der Waals surface area contributed by atoms with Gasteiger partial charge in [0.1, 0.15) is 11.5 Å². The van der Waals surface area contributed by atoms with Crippen LogP contribution in [0.5, 0.6) is 11.5 Å². The molecule has 0 aliphatic heterocycles. The highest BCUT2D eigenvalue weighted by atomic mass is 16.5. The number of esters is 1. The molecule has 0 saturated heterocycles. The lowest BCUT2D eigenvalue weighted by Crippen LogP contribution is -2.28. The molecule has 0 spiro atoms. The minimum Gasteiger partial charge on any atom is -0.497 e. The second-order valence-corrected chi connectivity index (χ2v) is 27.4. The summed E-state index contributed by atoms with van der Waals surface area (Å²) in [7, 11) is 1.69. The number of fused-ring (bicyclic) bond motifs is 3. The lowest BCUT2D eigenvalue weighted by molar-refractivity contribution is -0.138. The van der Waals surface area contributed by atoms with Crippen LogP contribution in [0.2, 0.25) is 0 Å². The number of hydrogen-bond donors (Lipinski definition) is 1. The van der Waals surface area contributed by atoms with Gasteiger partial charge in [-0.05, 0) is 183 Å². The van der Waals surface area contributed by atoms with E-state index in [1.165, 1.54) is 87.9 Å². The molecule has 8 atom stereocenters. The van der Waals surface area contributed by atoms with Gasteiger partial charge in [-0.3, -0.25) is 9.59 Å². The van der Waals surface area contributed by atoms with Gasteiger partial charge < -0.3 is 14.8 Å². The Morgan fingerprint density at radius 3 is 1.45 bits per heavy atom. The van der Waals surface area contributed by atoms with Crippen LogP contribution in [-0.2, 0) is 28.0 Å². The summed E-state index contributed by atoms with van der Waals surface area (Å²) < 4.78 is 10.2. The average Bonchev–Trinajstić information content (AvgIpc) is 1.64. The average molecular weight is 1330 g/mol. The second-order valence-electron chi connectivity index (χ2n) is 27.4. The lowest BCUT2D eigenvalue weighted by Gasteiger charge is -2.22. The normalized spacial score (nSPS) is 14.3. The molecule has 1 N–H and O–H groups in total. The number of ether oxygens (including phenoxy) is 2. The van der Waals surface area contributed by atoms with E-state index < -0.39 is 0 Å². The number of carbonyl (C=O) groups is 2. The van der Waals surface area contributed by atoms with Crippen LogP contribution in [0, 0.1) is 17.8 Å². The molecule has 1 aliphatic rings. The number of benzene rings is 10. The van der Waals surface area contributed by atoms with Crippen molar-refractivity contribution in [1.29, 1.82) is 0 Å². The van der Waals surface area contributed by atoms with E-state index >= 15 is 0 Å². The summed E-state index contributed by atoms with van der Waals surface area (Å²) in [5, 5.41) is 8.35. The van der Waals surface area contributed by atoms with E-state index in [0.717, 1.165) is 36.0 Å². The summed E-state index contributed by atoms with van der Waals surface area (Å²) >= 11 is 0. The van der Waals surface area contributed by atoms with Crippen molar-refractivity contribution >= 4 is 33.4 Å².